The number of morpholine rings is 2. The standard InChI is InChI=1S/C30H33F2N7O3S/c31-7-2-16-43(40)37-24-4-1-3-22(27(24)32)21-17-23-28(25(18-21)38-8-12-41-13-9-38)35-29(20-5-6-26(33)34-19-20)36-30(23)39-10-14-42-15-11-39/h1,3-6,17-19,37H,2,7-16H2,(H2,33,34). The number of nitrogen functional groups attached to an aromatic ring is 1. The zero-order chi connectivity index (χ0) is 29.8. The van der Waals surface area contributed by atoms with Crippen LogP contribution in [0, 0.1) is 5.82 Å². The van der Waals surface area contributed by atoms with Gasteiger partial charge in [0.1, 0.15) is 23.1 Å². The highest BCUT2D eigenvalue weighted by atomic mass is 32.2. The third-order valence-electron chi connectivity index (χ3n) is 7.46. The lowest BCUT2D eigenvalue weighted by Gasteiger charge is -2.32. The normalized spacial score (nSPS) is 16.4. The number of halogens is 2. The summed E-state index contributed by atoms with van der Waals surface area (Å²) >= 11 is -1.61. The van der Waals surface area contributed by atoms with Gasteiger partial charge in [0.05, 0.1) is 55.7 Å². The summed E-state index contributed by atoms with van der Waals surface area (Å²) in [6.07, 6.45) is 1.79. The quantitative estimate of drug-likeness (QED) is 0.267. The number of pyridine rings is 1. The van der Waals surface area contributed by atoms with Gasteiger partial charge in [-0.1, -0.05) is 12.1 Å². The molecule has 3 N–H and O–H groups in total. The maximum atomic E-state index is 16.0. The molecule has 226 valence electrons. The van der Waals surface area contributed by atoms with E-state index in [1.54, 1.807) is 24.4 Å². The molecule has 10 nitrogen and oxygen atoms in total. The molecule has 0 spiro atoms. The van der Waals surface area contributed by atoms with Crippen LogP contribution in [0.1, 0.15) is 6.42 Å². The minimum absolute atomic E-state index is 0.0867. The van der Waals surface area contributed by atoms with E-state index in [2.05, 4.69) is 19.5 Å². The SMILES string of the molecule is Nc1ccc(-c2nc(N3CCOCC3)c3cc(-c4cccc(N[S+]([O-])CCCF)c4F)cc(N4CCOCC4)c3n2)cn1. The van der Waals surface area contributed by atoms with Crippen molar-refractivity contribution in [3.63, 3.8) is 0 Å². The maximum absolute atomic E-state index is 16.0. The number of nitrogens with one attached hydrogen (secondary N) is 1. The Morgan fingerprint density at radius 1 is 0.953 bits per heavy atom. The molecule has 0 bridgehead atoms. The topological polar surface area (TPSA) is 125 Å². The molecule has 2 aliphatic rings. The molecule has 4 aromatic rings. The average Bonchev–Trinajstić information content (AvgIpc) is 3.05. The van der Waals surface area contributed by atoms with E-state index in [-0.39, 0.29) is 17.9 Å². The second-order valence-electron chi connectivity index (χ2n) is 10.3. The van der Waals surface area contributed by atoms with Crippen molar-refractivity contribution in [3.05, 3.63) is 54.5 Å². The molecule has 2 saturated heterocycles. The van der Waals surface area contributed by atoms with Crippen LogP contribution in [-0.4, -0.2) is 84.5 Å². The summed E-state index contributed by atoms with van der Waals surface area (Å²) in [6, 6.07) is 12.4. The lowest BCUT2D eigenvalue weighted by Crippen LogP contribution is -2.37. The van der Waals surface area contributed by atoms with Crippen molar-refractivity contribution in [1.29, 1.82) is 0 Å². The lowest BCUT2D eigenvalue weighted by molar-refractivity contribution is 0.122. The fraction of sp³-hybridized carbons (Fsp3) is 0.367. The molecule has 0 amide bonds. The van der Waals surface area contributed by atoms with Gasteiger partial charge in [0.25, 0.3) is 0 Å². The highest BCUT2D eigenvalue weighted by Gasteiger charge is 2.25. The van der Waals surface area contributed by atoms with Crippen LogP contribution in [0.2, 0.25) is 0 Å². The van der Waals surface area contributed by atoms with E-state index in [1.807, 2.05) is 18.2 Å². The molecule has 0 aliphatic carbocycles. The number of rotatable bonds is 9. The van der Waals surface area contributed by atoms with E-state index in [9.17, 15) is 8.94 Å². The summed E-state index contributed by atoms with van der Waals surface area (Å²) in [5.74, 6) is 1.18. The van der Waals surface area contributed by atoms with Crippen LogP contribution in [0.25, 0.3) is 33.4 Å². The van der Waals surface area contributed by atoms with Gasteiger partial charge in [-0.3, -0.25) is 4.39 Å². The molecule has 0 saturated carbocycles. The fourth-order valence-corrected chi connectivity index (χ4v) is 6.15. The van der Waals surface area contributed by atoms with Crippen molar-refractivity contribution in [2.24, 2.45) is 0 Å². The summed E-state index contributed by atoms with van der Waals surface area (Å²) in [5.41, 5.74) is 9.21. The molecule has 1 unspecified atom stereocenters. The van der Waals surface area contributed by atoms with Gasteiger partial charge in [0.2, 0.25) is 0 Å². The molecule has 0 radical (unpaired) electrons. The third kappa shape index (κ3) is 6.44. The average molecular weight is 610 g/mol. The molecule has 2 aromatic heterocycles. The Morgan fingerprint density at radius 3 is 2.40 bits per heavy atom. The molecule has 6 rings (SSSR count). The van der Waals surface area contributed by atoms with Crippen LogP contribution < -0.4 is 20.3 Å². The summed E-state index contributed by atoms with van der Waals surface area (Å²) in [4.78, 5) is 18.7. The van der Waals surface area contributed by atoms with Crippen LogP contribution in [0.15, 0.2) is 48.7 Å². The van der Waals surface area contributed by atoms with Gasteiger partial charge in [0.15, 0.2) is 11.6 Å². The Hall–Kier alpha value is -3.78. The monoisotopic (exact) mass is 609 g/mol. The Kier molecular flexibility index (Phi) is 9.03. The Balaban J connectivity index is 1.54. The first-order valence-electron chi connectivity index (χ1n) is 14.2. The number of nitrogens with two attached hydrogens (primary N) is 1. The van der Waals surface area contributed by atoms with Gasteiger partial charge >= 0.3 is 0 Å². The van der Waals surface area contributed by atoms with E-state index in [1.165, 1.54) is 6.07 Å². The number of hydrogen-bond donors (Lipinski definition) is 2. The van der Waals surface area contributed by atoms with Gasteiger partial charge in [-0.25, -0.2) is 24.1 Å². The summed E-state index contributed by atoms with van der Waals surface area (Å²) in [6.45, 7) is 4.21. The Labute approximate surface area is 251 Å². The zero-order valence-electron chi connectivity index (χ0n) is 23.6. The number of benzene rings is 2. The minimum Gasteiger partial charge on any atom is -0.593 e. The van der Waals surface area contributed by atoms with Crippen molar-refractivity contribution >= 4 is 45.3 Å². The third-order valence-corrected chi connectivity index (χ3v) is 8.57. The lowest BCUT2D eigenvalue weighted by atomic mass is 9.99. The van der Waals surface area contributed by atoms with Crippen molar-refractivity contribution in [2.45, 2.75) is 6.42 Å². The van der Waals surface area contributed by atoms with E-state index >= 15 is 4.39 Å². The smallest absolute Gasteiger partial charge is 0.163 e. The van der Waals surface area contributed by atoms with E-state index in [0.717, 1.165) is 28.0 Å². The number of alkyl halides is 1. The van der Waals surface area contributed by atoms with E-state index in [0.29, 0.717) is 75.4 Å². The van der Waals surface area contributed by atoms with Gasteiger partial charge < -0.3 is 29.6 Å². The van der Waals surface area contributed by atoms with E-state index < -0.39 is 23.9 Å². The number of aromatic nitrogens is 3. The van der Waals surface area contributed by atoms with Crippen LogP contribution in [0.4, 0.5) is 31.8 Å². The van der Waals surface area contributed by atoms with Gasteiger partial charge in [-0.2, -0.15) is 0 Å². The molecular formula is C30H33F2N7O3S. The number of fused-ring (bicyclic) bond motifs is 1. The van der Waals surface area contributed by atoms with Crippen LogP contribution in [0.3, 0.4) is 0 Å². The molecule has 2 aliphatic heterocycles. The summed E-state index contributed by atoms with van der Waals surface area (Å²) < 4.78 is 55.0. The summed E-state index contributed by atoms with van der Waals surface area (Å²) in [5, 5.41) is 0.775. The highest BCUT2D eigenvalue weighted by Crippen LogP contribution is 2.39. The van der Waals surface area contributed by atoms with Gasteiger partial charge in [0, 0.05) is 55.3 Å². The first-order valence-corrected chi connectivity index (χ1v) is 15.6. The minimum atomic E-state index is -1.61. The molecule has 43 heavy (non-hydrogen) atoms. The molecular weight excluding hydrogens is 576 g/mol. The first kappa shape index (κ1) is 29.3. The second-order valence-corrected chi connectivity index (χ2v) is 11.6. The van der Waals surface area contributed by atoms with Crippen molar-refractivity contribution in [1.82, 2.24) is 15.0 Å². The number of hydrogen-bond acceptors (Lipinski definition) is 10. The second kappa shape index (κ2) is 13.2. The van der Waals surface area contributed by atoms with Crippen molar-refractivity contribution in [2.75, 3.05) is 85.3 Å². The van der Waals surface area contributed by atoms with E-state index in [4.69, 9.17) is 25.2 Å². The van der Waals surface area contributed by atoms with Crippen LogP contribution >= 0.6 is 0 Å². The number of nitrogens with zero attached hydrogens (tertiary/aromatic N) is 5. The number of anilines is 4. The predicted molar refractivity (Wildman–Crippen MR) is 166 cm³/mol. The van der Waals surface area contributed by atoms with Crippen molar-refractivity contribution < 1.29 is 22.8 Å². The predicted octanol–water partition coefficient (Wildman–Crippen LogP) is 4.19. The molecule has 4 heterocycles. The molecule has 13 heteroatoms. The van der Waals surface area contributed by atoms with Gasteiger partial charge in [-0.05, 0) is 35.9 Å². The number of ether oxygens (including phenoxy) is 2. The Bertz CT molecular complexity index is 1570. The van der Waals surface area contributed by atoms with Crippen LogP contribution in [0.5, 0.6) is 0 Å². The summed E-state index contributed by atoms with van der Waals surface area (Å²) in [7, 11) is 0. The maximum Gasteiger partial charge on any atom is 0.163 e. The highest BCUT2D eigenvalue weighted by molar-refractivity contribution is 7.92. The zero-order valence-corrected chi connectivity index (χ0v) is 24.4. The molecule has 2 fully saturated rings. The largest absolute Gasteiger partial charge is 0.593 e. The molecule has 2 aromatic carbocycles. The van der Waals surface area contributed by atoms with Gasteiger partial charge in [-0.15, -0.1) is 0 Å². The first-order chi connectivity index (χ1) is 21.0. The van der Waals surface area contributed by atoms with Crippen LogP contribution in [-0.2, 0) is 20.8 Å². The Morgan fingerprint density at radius 2 is 1.70 bits per heavy atom. The molecule has 1 atom stereocenters. The fourth-order valence-electron chi connectivity index (χ4n) is 5.28. The van der Waals surface area contributed by atoms with Crippen molar-refractivity contribution in [3.8, 4) is 22.5 Å².